The molecule has 25 heavy (non-hydrogen) atoms. The van der Waals surface area contributed by atoms with Crippen LogP contribution in [0.15, 0.2) is 48.8 Å². The lowest BCUT2D eigenvalue weighted by Crippen LogP contribution is -2.47. The Morgan fingerprint density at radius 1 is 1.20 bits per heavy atom. The summed E-state index contributed by atoms with van der Waals surface area (Å²) in [6, 6.07) is 9.95. The number of pyridine rings is 1. The molecule has 0 aliphatic heterocycles. The number of amides is 1. The molecular weight excluding hydrogens is 338 g/mol. The van der Waals surface area contributed by atoms with Gasteiger partial charge < -0.3 is 5.32 Å². The average molecular weight is 361 g/mol. The minimum atomic E-state index is -3.60. The molecular formula is C18H23N3O3S. The maximum absolute atomic E-state index is 12.5. The molecule has 0 aliphatic carbocycles. The smallest absolute Gasteiger partial charge is 0.243 e. The SMILES string of the molecule is CCc1ccc(N([C@@H](C)C(=O)NCc2cccnc2)S(C)(=O)=O)cc1. The topological polar surface area (TPSA) is 79.4 Å². The van der Waals surface area contributed by atoms with E-state index in [1.165, 1.54) is 0 Å². The molecule has 1 N–H and O–H groups in total. The molecule has 0 saturated heterocycles. The molecule has 0 unspecified atom stereocenters. The van der Waals surface area contributed by atoms with Gasteiger partial charge in [0.15, 0.2) is 0 Å². The molecule has 1 amide bonds. The van der Waals surface area contributed by atoms with E-state index in [0.29, 0.717) is 12.2 Å². The van der Waals surface area contributed by atoms with E-state index < -0.39 is 16.1 Å². The Morgan fingerprint density at radius 3 is 2.40 bits per heavy atom. The highest BCUT2D eigenvalue weighted by Crippen LogP contribution is 2.21. The van der Waals surface area contributed by atoms with Crippen LogP contribution in [0.4, 0.5) is 5.69 Å². The van der Waals surface area contributed by atoms with E-state index >= 15 is 0 Å². The second-order valence-corrected chi connectivity index (χ2v) is 7.69. The van der Waals surface area contributed by atoms with Crippen LogP contribution >= 0.6 is 0 Å². The highest BCUT2D eigenvalue weighted by molar-refractivity contribution is 7.92. The number of hydrogen-bond acceptors (Lipinski definition) is 4. The highest BCUT2D eigenvalue weighted by atomic mass is 32.2. The lowest BCUT2D eigenvalue weighted by molar-refractivity contribution is -0.122. The number of hydrogen-bond donors (Lipinski definition) is 1. The summed E-state index contributed by atoms with van der Waals surface area (Å²) in [5.74, 6) is -0.367. The van der Waals surface area contributed by atoms with E-state index in [1.807, 2.05) is 25.1 Å². The summed E-state index contributed by atoms with van der Waals surface area (Å²) >= 11 is 0. The summed E-state index contributed by atoms with van der Waals surface area (Å²) in [5, 5.41) is 2.76. The van der Waals surface area contributed by atoms with Gasteiger partial charge in [-0.3, -0.25) is 14.1 Å². The number of benzene rings is 1. The van der Waals surface area contributed by atoms with Gasteiger partial charge in [-0.1, -0.05) is 25.1 Å². The molecule has 0 bridgehead atoms. The first-order valence-electron chi connectivity index (χ1n) is 8.08. The standard InChI is InChI=1S/C18H23N3O3S/c1-4-15-7-9-17(10-8-15)21(25(3,23)24)14(2)18(22)20-13-16-6-5-11-19-12-16/h5-12,14H,4,13H2,1-3H3,(H,20,22)/t14-/m0/s1. The predicted molar refractivity (Wildman–Crippen MR) is 98.7 cm³/mol. The van der Waals surface area contributed by atoms with E-state index in [9.17, 15) is 13.2 Å². The average Bonchev–Trinajstić information content (AvgIpc) is 2.60. The molecule has 2 aromatic rings. The largest absolute Gasteiger partial charge is 0.350 e. The van der Waals surface area contributed by atoms with Gasteiger partial charge in [-0.25, -0.2) is 8.42 Å². The zero-order chi connectivity index (χ0) is 18.4. The van der Waals surface area contributed by atoms with Gasteiger partial charge in [0.1, 0.15) is 6.04 Å². The van der Waals surface area contributed by atoms with E-state index in [-0.39, 0.29) is 5.91 Å². The molecule has 0 radical (unpaired) electrons. The van der Waals surface area contributed by atoms with Crippen molar-refractivity contribution < 1.29 is 13.2 Å². The van der Waals surface area contributed by atoms with Crippen molar-refractivity contribution >= 4 is 21.6 Å². The van der Waals surface area contributed by atoms with Gasteiger partial charge in [0.05, 0.1) is 11.9 Å². The molecule has 0 aliphatic rings. The summed E-state index contributed by atoms with van der Waals surface area (Å²) in [5.41, 5.74) is 2.43. The number of sulfonamides is 1. The van der Waals surface area contributed by atoms with Gasteiger partial charge in [0, 0.05) is 18.9 Å². The van der Waals surface area contributed by atoms with Gasteiger partial charge in [-0.2, -0.15) is 0 Å². The molecule has 0 spiro atoms. The number of nitrogens with one attached hydrogen (secondary N) is 1. The first-order chi connectivity index (χ1) is 11.8. The van der Waals surface area contributed by atoms with Crippen LogP contribution in [0.5, 0.6) is 0 Å². The Balaban J connectivity index is 2.17. The third-order valence-electron chi connectivity index (χ3n) is 3.88. The van der Waals surface area contributed by atoms with Crippen molar-refractivity contribution in [1.82, 2.24) is 10.3 Å². The second-order valence-electron chi connectivity index (χ2n) is 5.83. The maximum atomic E-state index is 12.5. The second kappa shape index (κ2) is 8.11. The van der Waals surface area contributed by atoms with Crippen LogP contribution in [0.1, 0.15) is 25.0 Å². The van der Waals surface area contributed by atoms with Crippen LogP contribution in [-0.4, -0.2) is 31.6 Å². The van der Waals surface area contributed by atoms with Gasteiger partial charge >= 0.3 is 0 Å². The molecule has 1 heterocycles. The normalized spacial score (nSPS) is 12.4. The minimum absolute atomic E-state index is 0.295. The quantitative estimate of drug-likeness (QED) is 0.819. The van der Waals surface area contributed by atoms with Crippen molar-refractivity contribution in [2.24, 2.45) is 0 Å². The number of nitrogens with zero attached hydrogens (tertiary/aromatic N) is 2. The molecule has 2 rings (SSSR count). The van der Waals surface area contributed by atoms with Gasteiger partial charge in [-0.05, 0) is 42.7 Å². The van der Waals surface area contributed by atoms with Crippen LogP contribution in [0.3, 0.4) is 0 Å². The summed E-state index contributed by atoms with van der Waals surface area (Å²) < 4.78 is 25.6. The third kappa shape index (κ3) is 5.03. The molecule has 1 atom stereocenters. The summed E-state index contributed by atoms with van der Waals surface area (Å²) in [6.45, 7) is 3.90. The van der Waals surface area contributed by atoms with E-state index in [0.717, 1.165) is 28.1 Å². The fourth-order valence-corrected chi connectivity index (χ4v) is 3.70. The summed E-state index contributed by atoms with van der Waals surface area (Å²) in [7, 11) is -3.60. The van der Waals surface area contributed by atoms with Crippen molar-refractivity contribution in [3.63, 3.8) is 0 Å². The first-order valence-corrected chi connectivity index (χ1v) is 9.92. The molecule has 0 saturated carbocycles. The number of anilines is 1. The number of aromatic nitrogens is 1. The zero-order valence-corrected chi connectivity index (χ0v) is 15.5. The maximum Gasteiger partial charge on any atom is 0.243 e. The molecule has 1 aromatic heterocycles. The number of aryl methyl sites for hydroxylation is 1. The lowest BCUT2D eigenvalue weighted by atomic mass is 10.1. The molecule has 134 valence electrons. The Bertz CT molecular complexity index is 805. The fraction of sp³-hybridized carbons (Fsp3) is 0.333. The van der Waals surface area contributed by atoms with Crippen molar-refractivity contribution in [3.05, 3.63) is 59.9 Å². The Morgan fingerprint density at radius 2 is 1.88 bits per heavy atom. The van der Waals surface area contributed by atoms with Crippen LogP contribution < -0.4 is 9.62 Å². The van der Waals surface area contributed by atoms with E-state index in [2.05, 4.69) is 10.3 Å². The van der Waals surface area contributed by atoms with Gasteiger partial charge in [-0.15, -0.1) is 0 Å². The Hall–Kier alpha value is -2.41. The number of carbonyl (C=O) groups is 1. The number of rotatable bonds is 7. The number of carbonyl (C=O) groups excluding carboxylic acids is 1. The monoisotopic (exact) mass is 361 g/mol. The minimum Gasteiger partial charge on any atom is -0.350 e. The predicted octanol–water partition coefficient (Wildman–Crippen LogP) is 2.11. The molecule has 6 nitrogen and oxygen atoms in total. The summed E-state index contributed by atoms with van der Waals surface area (Å²) in [6.07, 6.45) is 5.27. The highest BCUT2D eigenvalue weighted by Gasteiger charge is 2.28. The van der Waals surface area contributed by atoms with E-state index in [4.69, 9.17) is 0 Å². The van der Waals surface area contributed by atoms with Crippen molar-refractivity contribution in [2.45, 2.75) is 32.9 Å². The van der Waals surface area contributed by atoms with Crippen molar-refractivity contribution in [2.75, 3.05) is 10.6 Å². The third-order valence-corrected chi connectivity index (χ3v) is 5.12. The molecule has 1 aromatic carbocycles. The Labute approximate surface area is 148 Å². The van der Waals surface area contributed by atoms with Gasteiger partial charge in [0.25, 0.3) is 0 Å². The lowest BCUT2D eigenvalue weighted by Gasteiger charge is -2.28. The van der Waals surface area contributed by atoms with Gasteiger partial charge in [0.2, 0.25) is 15.9 Å². The van der Waals surface area contributed by atoms with Crippen molar-refractivity contribution in [3.8, 4) is 0 Å². The molecule has 0 fully saturated rings. The van der Waals surface area contributed by atoms with Crippen LogP contribution in [0, 0.1) is 0 Å². The molecule has 7 heteroatoms. The summed E-state index contributed by atoms with van der Waals surface area (Å²) in [4.78, 5) is 16.5. The Kier molecular flexibility index (Phi) is 6.14. The van der Waals surface area contributed by atoms with Crippen molar-refractivity contribution in [1.29, 1.82) is 0 Å². The van der Waals surface area contributed by atoms with Crippen LogP contribution in [0.25, 0.3) is 0 Å². The first kappa shape index (κ1) is 18.9. The zero-order valence-electron chi connectivity index (χ0n) is 14.6. The van der Waals surface area contributed by atoms with E-state index in [1.54, 1.807) is 37.5 Å². The van der Waals surface area contributed by atoms with Crippen LogP contribution in [-0.2, 0) is 27.8 Å². The van der Waals surface area contributed by atoms with Crippen LogP contribution in [0.2, 0.25) is 0 Å². The fourth-order valence-electron chi connectivity index (χ4n) is 2.53.